The second-order valence-electron chi connectivity index (χ2n) is 5.69. The van der Waals surface area contributed by atoms with Crippen LogP contribution >= 0.6 is 0 Å². The molecule has 88 valence electrons. The maximum Gasteiger partial charge on any atom is 0.0821 e. The van der Waals surface area contributed by atoms with Crippen LogP contribution in [0.4, 0.5) is 0 Å². The minimum Gasteiger partial charge on any atom is -0.293 e. The van der Waals surface area contributed by atoms with Gasteiger partial charge >= 0.3 is 0 Å². The average Bonchev–Trinajstić information content (AvgIpc) is 2.70. The minimum absolute atomic E-state index is 0.709. The molecule has 16 heavy (non-hydrogen) atoms. The molecule has 3 heteroatoms. The molecule has 0 amide bonds. The molecular formula is C13H21N3. The summed E-state index contributed by atoms with van der Waals surface area (Å²) in [5, 5.41) is 0. The van der Waals surface area contributed by atoms with Gasteiger partial charge in [0.2, 0.25) is 0 Å². The molecule has 0 radical (unpaired) electrons. The topological polar surface area (TPSA) is 9.72 Å². The van der Waals surface area contributed by atoms with Gasteiger partial charge in [0.25, 0.3) is 0 Å². The summed E-state index contributed by atoms with van der Waals surface area (Å²) in [4.78, 5) is 8.16. The molecule has 3 nitrogen and oxygen atoms in total. The lowest BCUT2D eigenvalue weighted by Crippen LogP contribution is -2.62. The van der Waals surface area contributed by atoms with Gasteiger partial charge < -0.3 is 0 Å². The first-order chi connectivity index (χ1) is 7.92. The summed E-state index contributed by atoms with van der Waals surface area (Å²) < 4.78 is 0. The average molecular weight is 219 g/mol. The van der Waals surface area contributed by atoms with E-state index in [1.165, 1.54) is 58.5 Å². The van der Waals surface area contributed by atoms with Crippen molar-refractivity contribution in [3.05, 3.63) is 11.6 Å². The summed E-state index contributed by atoms with van der Waals surface area (Å²) in [6.07, 6.45) is 7.39. The zero-order chi connectivity index (χ0) is 10.5. The highest BCUT2D eigenvalue weighted by atomic mass is 15.5. The van der Waals surface area contributed by atoms with Crippen molar-refractivity contribution in [3.8, 4) is 0 Å². The largest absolute Gasteiger partial charge is 0.293 e. The van der Waals surface area contributed by atoms with E-state index in [1.807, 2.05) is 0 Å². The van der Waals surface area contributed by atoms with Crippen LogP contribution in [0.25, 0.3) is 0 Å². The second-order valence-corrected chi connectivity index (χ2v) is 5.69. The third kappa shape index (κ3) is 1.31. The fourth-order valence-corrected chi connectivity index (χ4v) is 4.05. The fourth-order valence-electron chi connectivity index (χ4n) is 4.05. The smallest absolute Gasteiger partial charge is 0.0821 e. The Balaban J connectivity index is 1.74. The van der Waals surface area contributed by atoms with E-state index >= 15 is 0 Å². The van der Waals surface area contributed by atoms with Crippen molar-refractivity contribution in [2.24, 2.45) is 0 Å². The summed E-state index contributed by atoms with van der Waals surface area (Å²) in [6, 6.07) is 0.709. The zero-order valence-corrected chi connectivity index (χ0v) is 9.94. The molecule has 4 aliphatic heterocycles. The van der Waals surface area contributed by atoms with Crippen molar-refractivity contribution in [1.82, 2.24) is 14.7 Å². The van der Waals surface area contributed by atoms with Gasteiger partial charge in [0.05, 0.1) is 12.2 Å². The molecule has 0 aliphatic carbocycles. The van der Waals surface area contributed by atoms with E-state index in [0.29, 0.717) is 12.2 Å². The van der Waals surface area contributed by atoms with Crippen LogP contribution in [0.2, 0.25) is 0 Å². The molecule has 0 N–H and O–H groups in total. The SMILES string of the molecule is C1=C2CCCN3CCN4CCN(CC2)C1C34. The van der Waals surface area contributed by atoms with Gasteiger partial charge in [0.15, 0.2) is 0 Å². The van der Waals surface area contributed by atoms with Crippen LogP contribution in [-0.2, 0) is 0 Å². The summed E-state index contributed by atoms with van der Waals surface area (Å²) in [5.74, 6) is 0. The zero-order valence-electron chi connectivity index (χ0n) is 9.94. The van der Waals surface area contributed by atoms with Gasteiger partial charge in [-0.15, -0.1) is 0 Å². The second kappa shape index (κ2) is 3.56. The third-order valence-electron chi connectivity index (χ3n) is 4.89. The highest BCUT2D eigenvalue weighted by molar-refractivity contribution is 5.18. The van der Waals surface area contributed by atoms with E-state index in [-0.39, 0.29) is 0 Å². The number of hydrogen-bond donors (Lipinski definition) is 0. The van der Waals surface area contributed by atoms with Gasteiger partial charge in [-0.05, 0) is 19.3 Å². The molecule has 2 bridgehead atoms. The molecular weight excluding hydrogens is 198 g/mol. The maximum absolute atomic E-state index is 2.73. The minimum atomic E-state index is 0.709. The van der Waals surface area contributed by atoms with E-state index in [0.717, 1.165) is 0 Å². The summed E-state index contributed by atoms with van der Waals surface area (Å²) >= 11 is 0. The van der Waals surface area contributed by atoms with Crippen LogP contribution in [0.15, 0.2) is 11.6 Å². The molecule has 0 spiro atoms. The molecule has 2 atom stereocenters. The molecule has 0 saturated carbocycles. The van der Waals surface area contributed by atoms with Crippen molar-refractivity contribution >= 4 is 0 Å². The molecule has 2 fully saturated rings. The van der Waals surface area contributed by atoms with Gasteiger partial charge in [-0.25, -0.2) is 0 Å². The molecule has 4 aliphatic rings. The predicted molar refractivity (Wildman–Crippen MR) is 64.2 cm³/mol. The quantitative estimate of drug-likeness (QED) is 0.556. The highest BCUT2D eigenvalue weighted by Crippen LogP contribution is 2.33. The first-order valence-corrected chi connectivity index (χ1v) is 6.83. The standard InChI is InChI=1S/C13H21N3/c1-2-11-3-5-14-6-7-16-9-8-15(4-1)13(16)12(14)10-11/h10,12-13H,1-9H2. The fraction of sp³-hybridized carbons (Fsp3) is 0.846. The van der Waals surface area contributed by atoms with Gasteiger partial charge in [-0.3, -0.25) is 14.7 Å². The lowest BCUT2D eigenvalue weighted by Gasteiger charge is -2.49. The Labute approximate surface area is 97.7 Å². The Hall–Kier alpha value is -0.380. The number of nitrogens with zero attached hydrogens (tertiary/aromatic N) is 3. The van der Waals surface area contributed by atoms with Crippen LogP contribution in [0.1, 0.15) is 19.3 Å². The Morgan fingerprint density at radius 2 is 1.56 bits per heavy atom. The Bertz CT molecular complexity index is 325. The highest BCUT2D eigenvalue weighted by Gasteiger charge is 2.44. The van der Waals surface area contributed by atoms with Crippen molar-refractivity contribution in [2.45, 2.75) is 31.5 Å². The van der Waals surface area contributed by atoms with E-state index < -0.39 is 0 Å². The van der Waals surface area contributed by atoms with Gasteiger partial charge in [0, 0.05) is 39.3 Å². The normalized spacial score (nSPS) is 40.4. The lowest BCUT2D eigenvalue weighted by atomic mass is 9.93. The molecule has 2 saturated heterocycles. The molecule has 0 aromatic carbocycles. The monoisotopic (exact) mass is 219 g/mol. The molecule has 4 rings (SSSR count). The van der Waals surface area contributed by atoms with E-state index in [1.54, 1.807) is 5.57 Å². The van der Waals surface area contributed by atoms with Crippen molar-refractivity contribution in [1.29, 1.82) is 0 Å². The van der Waals surface area contributed by atoms with Gasteiger partial charge in [-0.2, -0.15) is 0 Å². The Morgan fingerprint density at radius 1 is 0.812 bits per heavy atom. The van der Waals surface area contributed by atoms with E-state index in [4.69, 9.17) is 0 Å². The summed E-state index contributed by atoms with van der Waals surface area (Å²) in [5.41, 5.74) is 1.75. The summed E-state index contributed by atoms with van der Waals surface area (Å²) in [6.45, 7) is 7.83. The molecule has 2 unspecified atom stereocenters. The van der Waals surface area contributed by atoms with Crippen molar-refractivity contribution in [2.75, 3.05) is 39.3 Å². The van der Waals surface area contributed by atoms with Crippen LogP contribution in [0.5, 0.6) is 0 Å². The number of piperazine rings is 1. The Morgan fingerprint density at radius 3 is 2.44 bits per heavy atom. The van der Waals surface area contributed by atoms with Crippen LogP contribution in [0, 0.1) is 0 Å². The van der Waals surface area contributed by atoms with Crippen LogP contribution in [-0.4, -0.2) is 66.2 Å². The van der Waals surface area contributed by atoms with Crippen molar-refractivity contribution in [3.63, 3.8) is 0 Å². The molecule has 0 aromatic heterocycles. The Kier molecular flexibility index (Phi) is 2.14. The van der Waals surface area contributed by atoms with Crippen LogP contribution in [0.3, 0.4) is 0 Å². The first kappa shape index (κ1) is 9.63. The predicted octanol–water partition coefficient (Wildman–Crippen LogP) is 0.738. The van der Waals surface area contributed by atoms with Crippen LogP contribution < -0.4 is 0 Å². The van der Waals surface area contributed by atoms with E-state index in [9.17, 15) is 0 Å². The molecule has 0 aromatic rings. The third-order valence-corrected chi connectivity index (χ3v) is 4.89. The lowest BCUT2D eigenvalue weighted by molar-refractivity contribution is -0.000855. The maximum atomic E-state index is 2.73. The number of rotatable bonds is 0. The van der Waals surface area contributed by atoms with E-state index in [2.05, 4.69) is 20.8 Å². The summed E-state index contributed by atoms with van der Waals surface area (Å²) in [7, 11) is 0. The number of hydrogen-bond acceptors (Lipinski definition) is 3. The molecule has 4 heterocycles. The first-order valence-electron chi connectivity index (χ1n) is 6.83. The van der Waals surface area contributed by atoms with Gasteiger partial charge in [0.1, 0.15) is 0 Å². The van der Waals surface area contributed by atoms with Gasteiger partial charge in [-0.1, -0.05) is 11.6 Å². The van der Waals surface area contributed by atoms with Crippen molar-refractivity contribution < 1.29 is 0 Å².